The summed E-state index contributed by atoms with van der Waals surface area (Å²) in [6.07, 6.45) is 6.11. The van der Waals surface area contributed by atoms with Crippen molar-refractivity contribution in [3.8, 4) is 5.75 Å². The van der Waals surface area contributed by atoms with E-state index in [-0.39, 0.29) is 18.0 Å². The Balaban J connectivity index is 0.00000133. The van der Waals surface area contributed by atoms with E-state index < -0.39 is 0 Å². The molecule has 1 fully saturated rings. The molecule has 1 spiro atoms. The number of likely N-dealkylation sites (N-methyl/N-ethyl adjacent to an activating group) is 1. The molecule has 0 saturated heterocycles. The summed E-state index contributed by atoms with van der Waals surface area (Å²) < 4.78 is 7.55. The Labute approximate surface area is 130 Å². The lowest BCUT2D eigenvalue weighted by Crippen LogP contribution is -2.55. The minimum Gasteiger partial charge on any atom is -0.485 e. The third-order valence-corrected chi connectivity index (χ3v) is 4.88. The highest BCUT2D eigenvalue weighted by molar-refractivity contribution is 9.10. The Morgan fingerprint density at radius 1 is 1.32 bits per heavy atom. The third kappa shape index (κ3) is 2.65. The fourth-order valence-corrected chi connectivity index (χ4v) is 4.02. The Hall–Kier alpha value is -0.250. The maximum atomic E-state index is 6.40. The Kier molecular flexibility index (Phi) is 4.49. The smallest absolute Gasteiger partial charge is 0.129 e. The molecule has 2 nitrogen and oxygen atoms in total. The van der Waals surface area contributed by atoms with Gasteiger partial charge in [0.25, 0.3) is 0 Å². The summed E-state index contributed by atoms with van der Waals surface area (Å²) in [6, 6.07) is 6.93. The number of fused-ring (bicyclic) bond motifs is 1. The Bertz CT molecular complexity index is 465. The second-order valence-corrected chi connectivity index (χ2v) is 6.74. The fraction of sp³-hybridized carbons (Fsp3) is 0.600. The number of benzene rings is 1. The van der Waals surface area contributed by atoms with E-state index in [1.54, 1.807) is 0 Å². The van der Waals surface area contributed by atoms with Crippen LogP contribution in [0.25, 0.3) is 0 Å². The summed E-state index contributed by atoms with van der Waals surface area (Å²) in [6.45, 7) is 0. The molecule has 2 atom stereocenters. The van der Waals surface area contributed by atoms with Crippen molar-refractivity contribution in [2.75, 3.05) is 14.1 Å². The zero-order chi connectivity index (χ0) is 12.8. The van der Waals surface area contributed by atoms with Crippen molar-refractivity contribution in [2.45, 2.75) is 43.7 Å². The van der Waals surface area contributed by atoms with Crippen molar-refractivity contribution in [1.29, 1.82) is 0 Å². The van der Waals surface area contributed by atoms with E-state index in [9.17, 15) is 0 Å². The minimum atomic E-state index is 0. The van der Waals surface area contributed by atoms with Gasteiger partial charge in [0.15, 0.2) is 0 Å². The molecule has 1 aromatic carbocycles. The van der Waals surface area contributed by atoms with Crippen LogP contribution in [0.5, 0.6) is 5.75 Å². The molecule has 19 heavy (non-hydrogen) atoms. The van der Waals surface area contributed by atoms with E-state index in [0.717, 1.165) is 16.6 Å². The van der Waals surface area contributed by atoms with Crippen molar-refractivity contribution in [1.82, 2.24) is 4.90 Å². The van der Waals surface area contributed by atoms with E-state index >= 15 is 0 Å². The second-order valence-electron chi connectivity index (χ2n) is 5.82. The molecule has 0 N–H and O–H groups in total. The molecule has 0 unspecified atom stereocenters. The second kappa shape index (κ2) is 5.63. The number of nitrogens with zero attached hydrogens (tertiary/aromatic N) is 1. The quantitative estimate of drug-likeness (QED) is 0.760. The van der Waals surface area contributed by atoms with Crippen LogP contribution in [0.4, 0.5) is 0 Å². The van der Waals surface area contributed by atoms with Crippen molar-refractivity contribution in [2.24, 2.45) is 0 Å². The van der Waals surface area contributed by atoms with E-state index in [4.69, 9.17) is 4.74 Å². The van der Waals surface area contributed by atoms with Crippen LogP contribution >= 0.6 is 28.3 Å². The molecule has 4 heteroatoms. The summed E-state index contributed by atoms with van der Waals surface area (Å²) in [5, 5.41) is 0. The molecule has 0 bridgehead atoms. The first-order valence-corrected chi connectivity index (χ1v) is 7.54. The maximum absolute atomic E-state index is 6.40. The zero-order valence-corrected chi connectivity index (χ0v) is 13.9. The molecule has 1 aromatic rings. The minimum absolute atomic E-state index is 0. The lowest BCUT2D eigenvalue weighted by Gasteiger charge is -2.44. The molecule has 1 aliphatic carbocycles. The summed E-state index contributed by atoms with van der Waals surface area (Å²) in [5.41, 5.74) is 1.38. The number of hydrogen-bond donors (Lipinski definition) is 0. The lowest BCUT2D eigenvalue weighted by atomic mass is 9.77. The molecule has 1 saturated carbocycles. The summed E-state index contributed by atoms with van der Waals surface area (Å²) in [5.74, 6) is 1.09. The van der Waals surface area contributed by atoms with Crippen LogP contribution in [0.3, 0.4) is 0 Å². The lowest BCUT2D eigenvalue weighted by molar-refractivity contribution is -0.0222. The first-order valence-electron chi connectivity index (χ1n) is 6.75. The van der Waals surface area contributed by atoms with Gasteiger partial charge in [-0.05, 0) is 57.1 Å². The first-order chi connectivity index (χ1) is 8.61. The van der Waals surface area contributed by atoms with Crippen molar-refractivity contribution in [3.05, 3.63) is 28.2 Å². The van der Waals surface area contributed by atoms with Crippen LogP contribution in [0.15, 0.2) is 22.7 Å². The van der Waals surface area contributed by atoms with Gasteiger partial charge in [0.05, 0.1) is 0 Å². The summed E-state index contributed by atoms with van der Waals surface area (Å²) in [4.78, 5) is 2.35. The van der Waals surface area contributed by atoms with Crippen molar-refractivity contribution >= 4 is 28.3 Å². The van der Waals surface area contributed by atoms with Gasteiger partial charge in [-0.2, -0.15) is 0 Å². The highest BCUT2D eigenvalue weighted by Gasteiger charge is 2.48. The number of halogens is 2. The molecular formula is C15H21BrClNO. The SMILES string of the molecule is CN(C)[C@H]1CCCC[C@]12Cc1cc(Br)ccc1O2.Cl. The van der Waals surface area contributed by atoms with Crippen LogP contribution < -0.4 is 4.74 Å². The Morgan fingerprint density at radius 2 is 2.11 bits per heavy atom. The van der Waals surface area contributed by atoms with Gasteiger partial charge < -0.3 is 9.64 Å². The average Bonchev–Trinajstić information content (AvgIpc) is 2.66. The monoisotopic (exact) mass is 345 g/mol. The van der Waals surface area contributed by atoms with E-state index in [1.165, 1.54) is 31.2 Å². The largest absolute Gasteiger partial charge is 0.485 e. The molecule has 1 heterocycles. The molecular weight excluding hydrogens is 326 g/mol. The number of rotatable bonds is 1. The van der Waals surface area contributed by atoms with Gasteiger partial charge in [-0.3, -0.25) is 0 Å². The molecule has 1 aliphatic heterocycles. The van der Waals surface area contributed by atoms with E-state index in [0.29, 0.717) is 6.04 Å². The van der Waals surface area contributed by atoms with Crippen LogP contribution in [0, 0.1) is 0 Å². The van der Waals surface area contributed by atoms with E-state index in [1.807, 2.05) is 0 Å². The normalized spacial score (nSPS) is 28.9. The van der Waals surface area contributed by atoms with Crippen LogP contribution in [-0.4, -0.2) is 30.6 Å². The number of hydrogen-bond acceptors (Lipinski definition) is 2. The van der Waals surface area contributed by atoms with Gasteiger partial charge in [-0.15, -0.1) is 12.4 Å². The van der Waals surface area contributed by atoms with Crippen LogP contribution in [0.1, 0.15) is 31.2 Å². The predicted molar refractivity (Wildman–Crippen MR) is 84.4 cm³/mol. The topological polar surface area (TPSA) is 12.5 Å². The summed E-state index contributed by atoms with van der Waals surface area (Å²) >= 11 is 3.56. The van der Waals surface area contributed by atoms with Gasteiger partial charge in [0.1, 0.15) is 11.4 Å². The van der Waals surface area contributed by atoms with Gasteiger partial charge in [-0.25, -0.2) is 0 Å². The molecule has 0 aromatic heterocycles. The zero-order valence-electron chi connectivity index (χ0n) is 11.5. The Morgan fingerprint density at radius 3 is 2.84 bits per heavy atom. The van der Waals surface area contributed by atoms with Crippen molar-refractivity contribution < 1.29 is 4.74 Å². The van der Waals surface area contributed by atoms with Gasteiger partial charge in [0.2, 0.25) is 0 Å². The first kappa shape index (κ1) is 15.1. The predicted octanol–water partition coefficient (Wildman–Crippen LogP) is 4.05. The molecule has 0 amide bonds. The van der Waals surface area contributed by atoms with Gasteiger partial charge >= 0.3 is 0 Å². The summed E-state index contributed by atoms with van der Waals surface area (Å²) in [7, 11) is 4.36. The maximum Gasteiger partial charge on any atom is 0.129 e. The highest BCUT2D eigenvalue weighted by Crippen LogP contribution is 2.45. The van der Waals surface area contributed by atoms with Gasteiger partial charge in [-0.1, -0.05) is 22.4 Å². The van der Waals surface area contributed by atoms with Gasteiger partial charge in [0, 0.05) is 16.9 Å². The molecule has 3 rings (SSSR count). The average molecular weight is 347 g/mol. The van der Waals surface area contributed by atoms with E-state index in [2.05, 4.69) is 53.1 Å². The van der Waals surface area contributed by atoms with Crippen LogP contribution in [0.2, 0.25) is 0 Å². The molecule has 106 valence electrons. The number of ether oxygens (including phenoxy) is 1. The highest BCUT2D eigenvalue weighted by atomic mass is 79.9. The standard InChI is InChI=1S/C15H20BrNO.ClH/c1-17(2)14-5-3-4-8-15(14)10-11-9-12(16)6-7-13(11)18-15;/h6-7,9,14H,3-5,8,10H2,1-2H3;1H/t14-,15-;/m0./s1. The molecule has 0 radical (unpaired) electrons. The third-order valence-electron chi connectivity index (χ3n) is 4.38. The van der Waals surface area contributed by atoms with Crippen LogP contribution in [-0.2, 0) is 6.42 Å². The fourth-order valence-electron chi connectivity index (χ4n) is 3.61. The van der Waals surface area contributed by atoms with Crippen molar-refractivity contribution in [3.63, 3.8) is 0 Å². The molecule has 2 aliphatic rings.